The fraction of sp³-hybridized carbons (Fsp3) is 0.256. The largest absolute Gasteiger partial charge is 0.238 e. The van der Waals surface area contributed by atoms with Crippen LogP contribution >= 0.6 is 0 Å². The summed E-state index contributed by atoms with van der Waals surface area (Å²) in [6.07, 6.45) is 8.40. The second kappa shape index (κ2) is 11.0. The number of rotatable bonds is 5. The van der Waals surface area contributed by atoms with Gasteiger partial charge in [-0.25, -0.2) is 19.8 Å². The maximum absolute atomic E-state index is 7.73. The lowest BCUT2D eigenvalue weighted by molar-refractivity contribution is -0.00518. The van der Waals surface area contributed by atoms with Crippen molar-refractivity contribution in [2.24, 2.45) is 17.8 Å². The summed E-state index contributed by atoms with van der Waals surface area (Å²) in [4.78, 5) is 19.0. The number of aryl methyl sites for hydroxylation is 1. The summed E-state index contributed by atoms with van der Waals surface area (Å²) in [5.74, 6) is 4.66. The summed E-state index contributed by atoms with van der Waals surface area (Å²) in [5, 5.41) is 1.94. The lowest BCUT2D eigenvalue weighted by Gasteiger charge is -2.57. The topological polar surface area (TPSA) is 43.0 Å². The summed E-state index contributed by atoms with van der Waals surface area (Å²) in [6, 6.07) is 38.1. The summed E-state index contributed by atoms with van der Waals surface area (Å²) < 4.78 is 0. The van der Waals surface area contributed by atoms with Crippen LogP contribution in [0.5, 0.6) is 0 Å². The third kappa shape index (κ3) is 4.93. The maximum atomic E-state index is 7.73. The Balaban J connectivity index is 1.16. The fourth-order valence-electron chi connectivity index (χ4n) is 9.42. The van der Waals surface area contributed by atoms with Gasteiger partial charge in [0.15, 0.2) is 23.2 Å². The third-order valence-electron chi connectivity index (χ3n) is 11.2. The van der Waals surface area contributed by atoms with Gasteiger partial charge in [0.1, 0.15) is 0 Å². The van der Waals surface area contributed by atoms with E-state index in [1.54, 1.807) is 0 Å². The molecule has 1 heterocycles. The van der Waals surface area contributed by atoms with Crippen LogP contribution in [0.25, 0.3) is 60.9 Å². The zero-order valence-corrected chi connectivity index (χ0v) is 26.7. The Morgan fingerprint density at radius 1 is 0.596 bits per heavy atom. The van der Waals surface area contributed by atoms with E-state index in [4.69, 9.17) is 21.5 Å². The Bertz CT molecular complexity index is 2170. The van der Waals surface area contributed by atoms with Crippen LogP contribution in [0.4, 0.5) is 5.69 Å². The van der Waals surface area contributed by atoms with Gasteiger partial charge in [0.25, 0.3) is 0 Å². The molecule has 4 bridgehead atoms. The van der Waals surface area contributed by atoms with E-state index in [2.05, 4.69) is 96.7 Å². The van der Waals surface area contributed by atoms with Crippen LogP contribution in [-0.2, 0) is 5.41 Å². The second-order valence-electron chi connectivity index (χ2n) is 14.3. The lowest BCUT2D eigenvalue weighted by Crippen LogP contribution is -2.48. The van der Waals surface area contributed by atoms with Crippen molar-refractivity contribution in [3.05, 3.63) is 132 Å². The summed E-state index contributed by atoms with van der Waals surface area (Å²) in [7, 11) is 0. The molecule has 228 valence electrons. The van der Waals surface area contributed by atoms with Crippen molar-refractivity contribution in [3.63, 3.8) is 0 Å². The Hall–Kier alpha value is -5.14. The molecular weight excluding hydrogens is 573 g/mol. The third-order valence-corrected chi connectivity index (χ3v) is 11.2. The minimum atomic E-state index is 0.352. The first-order chi connectivity index (χ1) is 23.0. The highest BCUT2D eigenvalue weighted by atomic mass is 15.0. The Morgan fingerprint density at radius 2 is 1.19 bits per heavy atom. The molecule has 0 radical (unpaired) electrons. The first kappa shape index (κ1) is 28.1. The first-order valence-corrected chi connectivity index (χ1v) is 17.0. The van der Waals surface area contributed by atoms with Gasteiger partial charge in [-0.3, -0.25) is 0 Å². The SMILES string of the molecule is [C-]#[N+]c1cccc2ccc(-c3nc(-c4ccc(C56CC7CC(CC(C7)C5)C6)cc4)nc(-c4cccc(-c5ccccc5C)c4)n3)cc12. The molecule has 0 saturated heterocycles. The van der Waals surface area contributed by atoms with Gasteiger partial charge in [-0.1, -0.05) is 103 Å². The minimum absolute atomic E-state index is 0.352. The molecule has 4 aliphatic carbocycles. The van der Waals surface area contributed by atoms with Crippen LogP contribution in [0, 0.1) is 31.2 Å². The van der Waals surface area contributed by atoms with Gasteiger partial charge < -0.3 is 0 Å². The number of hydrogen-bond acceptors (Lipinski definition) is 3. The molecule has 0 spiro atoms. The van der Waals surface area contributed by atoms with Crippen LogP contribution in [-0.4, -0.2) is 15.0 Å². The van der Waals surface area contributed by atoms with Crippen molar-refractivity contribution in [1.82, 2.24) is 15.0 Å². The molecule has 0 unspecified atom stereocenters. The number of aromatic nitrogens is 3. The van der Waals surface area contributed by atoms with E-state index in [0.717, 1.165) is 50.8 Å². The van der Waals surface area contributed by atoms with Crippen LogP contribution in [0.1, 0.15) is 49.7 Å². The molecule has 1 aromatic heterocycles. The molecule has 4 heteroatoms. The van der Waals surface area contributed by atoms with Gasteiger partial charge in [-0.05, 0) is 108 Å². The van der Waals surface area contributed by atoms with E-state index in [-0.39, 0.29) is 0 Å². The van der Waals surface area contributed by atoms with E-state index in [9.17, 15) is 0 Å². The standard InChI is InChI=1S/C43H36N4/c1-27-7-3-4-11-37(27)33-9-5-10-34(22-33)41-45-40(46-42(47-41)35-14-13-31-8-6-12-39(44-2)38(31)23-35)32-15-17-36(18-16-32)43-24-28-19-29(25-43)21-30(20-28)26-43/h3-18,22-23,28-30H,19-21,24-26H2,1H3. The van der Waals surface area contributed by atoms with Gasteiger partial charge in [-0.2, -0.15) is 0 Å². The predicted molar refractivity (Wildman–Crippen MR) is 190 cm³/mol. The van der Waals surface area contributed by atoms with Crippen LogP contribution in [0.3, 0.4) is 0 Å². The van der Waals surface area contributed by atoms with Crippen molar-refractivity contribution < 1.29 is 0 Å². The minimum Gasteiger partial charge on any atom is -0.238 e. The van der Waals surface area contributed by atoms with E-state index >= 15 is 0 Å². The second-order valence-corrected chi connectivity index (χ2v) is 14.3. The molecular formula is C43H36N4. The average Bonchev–Trinajstić information content (AvgIpc) is 3.11. The zero-order chi connectivity index (χ0) is 31.5. The van der Waals surface area contributed by atoms with Gasteiger partial charge in [0.05, 0.1) is 6.57 Å². The van der Waals surface area contributed by atoms with Crippen LogP contribution < -0.4 is 0 Å². The molecule has 4 saturated carbocycles. The average molecular weight is 609 g/mol. The van der Waals surface area contributed by atoms with Gasteiger partial charge in [-0.15, -0.1) is 0 Å². The number of hydrogen-bond donors (Lipinski definition) is 0. The number of nitrogens with zero attached hydrogens (tertiary/aromatic N) is 4. The fourth-order valence-corrected chi connectivity index (χ4v) is 9.42. The zero-order valence-electron chi connectivity index (χ0n) is 26.7. The number of fused-ring (bicyclic) bond motifs is 1. The Labute approximate surface area is 276 Å². The lowest BCUT2D eigenvalue weighted by atomic mass is 9.48. The van der Waals surface area contributed by atoms with E-state index in [0.29, 0.717) is 28.6 Å². The summed E-state index contributed by atoms with van der Waals surface area (Å²) in [6.45, 7) is 9.87. The Kier molecular flexibility index (Phi) is 6.57. The molecule has 10 rings (SSSR count). The van der Waals surface area contributed by atoms with E-state index in [1.165, 1.54) is 55.2 Å². The van der Waals surface area contributed by atoms with Crippen LogP contribution in [0.15, 0.2) is 109 Å². The summed E-state index contributed by atoms with van der Waals surface area (Å²) >= 11 is 0. The molecule has 0 N–H and O–H groups in total. The molecule has 4 nitrogen and oxygen atoms in total. The van der Waals surface area contributed by atoms with Crippen molar-refractivity contribution in [3.8, 4) is 45.3 Å². The molecule has 0 aliphatic heterocycles. The molecule has 5 aromatic carbocycles. The van der Waals surface area contributed by atoms with Crippen molar-refractivity contribution in [2.45, 2.75) is 50.9 Å². The molecule has 4 fully saturated rings. The molecule has 0 atom stereocenters. The molecule has 4 aliphatic rings. The molecule has 6 aromatic rings. The quantitative estimate of drug-likeness (QED) is 0.183. The van der Waals surface area contributed by atoms with Crippen molar-refractivity contribution >= 4 is 16.5 Å². The maximum Gasteiger partial charge on any atom is 0.194 e. The van der Waals surface area contributed by atoms with E-state index < -0.39 is 0 Å². The highest BCUT2D eigenvalue weighted by Gasteiger charge is 2.51. The van der Waals surface area contributed by atoms with Gasteiger partial charge in [0.2, 0.25) is 0 Å². The van der Waals surface area contributed by atoms with Crippen molar-refractivity contribution in [1.29, 1.82) is 0 Å². The van der Waals surface area contributed by atoms with E-state index in [1.807, 2.05) is 24.3 Å². The highest BCUT2D eigenvalue weighted by molar-refractivity contribution is 5.96. The first-order valence-electron chi connectivity index (χ1n) is 17.0. The van der Waals surface area contributed by atoms with Crippen molar-refractivity contribution in [2.75, 3.05) is 0 Å². The number of benzene rings is 5. The highest BCUT2D eigenvalue weighted by Crippen LogP contribution is 2.60. The van der Waals surface area contributed by atoms with Crippen LogP contribution in [0.2, 0.25) is 0 Å². The molecule has 47 heavy (non-hydrogen) atoms. The van der Waals surface area contributed by atoms with Gasteiger partial charge >= 0.3 is 0 Å². The van der Waals surface area contributed by atoms with Gasteiger partial charge in [0, 0.05) is 16.7 Å². The smallest absolute Gasteiger partial charge is 0.194 e. The monoisotopic (exact) mass is 608 g/mol. The predicted octanol–water partition coefficient (Wildman–Crippen LogP) is 11.0. The molecule has 0 amide bonds. The Morgan fingerprint density at radius 3 is 1.87 bits per heavy atom. The summed E-state index contributed by atoms with van der Waals surface area (Å²) in [5.41, 5.74) is 8.87. The normalized spacial score (nSPS) is 22.8.